The van der Waals surface area contributed by atoms with Gasteiger partial charge in [-0.3, -0.25) is 14.5 Å². The van der Waals surface area contributed by atoms with E-state index in [2.05, 4.69) is 15.6 Å². The zero-order valence-electron chi connectivity index (χ0n) is 23.8. The van der Waals surface area contributed by atoms with E-state index in [1.165, 1.54) is 41.8 Å². The van der Waals surface area contributed by atoms with Crippen molar-refractivity contribution in [3.05, 3.63) is 95.8 Å². The first kappa shape index (κ1) is 31.2. The van der Waals surface area contributed by atoms with Crippen molar-refractivity contribution in [3.63, 3.8) is 0 Å². The molecule has 2 fully saturated rings. The molecule has 2 saturated heterocycles. The number of sulfone groups is 1. The van der Waals surface area contributed by atoms with Crippen molar-refractivity contribution in [2.45, 2.75) is 31.2 Å². The number of nitrogens with one attached hydrogen (secondary N) is 2. The highest BCUT2D eigenvalue weighted by Crippen LogP contribution is 2.41. The Kier molecular flexibility index (Phi) is 9.64. The van der Waals surface area contributed by atoms with Gasteiger partial charge < -0.3 is 15.4 Å². The Hall–Kier alpha value is -4.23. The summed E-state index contributed by atoms with van der Waals surface area (Å²) >= 11 is 1.20. The number of halogens is 1. The number of alkyl carbamates (subject to hydrolysis) is 1. The monoisotopic (exact) mass is 638 g/mol. The Morgan fingerprint density at radius 2 is 1.84 bits per heavy atom. The van der Waals surface area contributed by atoms with E-state index in [4.69, 9.17) is 4.74 Å². The average Bonchev–Trinajstić information content (AvgIpc) is 3.50. The van der Waals surface area contributed by atoms with Gasteiger partial charge in [0, 0.05) is 12.2 Å². The number of anilines is 1. The van der Waals surface area contributed by atoms with Crippen LogP contribution in [0.25, 0.3) is 0 Å². The SMILES string of the molecule is C[C@@H](NC(=O)OCc1ccccc1)C(=O)Nc1ccc(C2SC(=Nc3cccc(F)c3)N(CC3CCS(=O)(=O)C3)C2=O)cc1. The number of thioether (sulfide) groups is 1. The van der Waals surface area contributed by atoms with Crippen LogP contribution in [-0.4, -0.2) is 60.5 Å². The van der Waals surface area contributed by atoms with E-state index >= 15 is 0 Å². The predicted molar refractivity (Wildman–Crippen MR) is 167 cm³/mol. The second-order valence-corrected chi connectivity index (χ2v) is 13.9. The molecule has 3 amide bonds. The lowest BCUT2D eigenvalue weighted by molar-refractivity contribution is -0.126. The van der Waals surface area contributed by atoms with Crippen LogP contribution in [0.3, 0.4) is 0 Å². The molecule has 2 N–H and O–H groups in total. The van der Waals surface area contributed by atoms with Crippen molar-refractivity contribution in [1.82, 2.24) is 10.2 Å². The quantitative estimate of drug-likeness (QED) is 0.343. The Labute approximate surface area is 259 Å². The molecule has 230 valence electrons. The van der Waals surface area contributed by atoms with E-state index in [1.807, 2.05) is 30.3 Å². The van der Waals surface area contributed by atoms with E-state index in [-0.39, 0.29) is 36.5 Å². The lowest BCUT2D eigenvalue weighted by Crippen LogP contribution is -2.41. The highest BCUT2D eigenvalue weighted by atomic mass is 32.2. The predicted octanol–water partition coefficient (Wildman–Crippen LogP) is 4.82. The average molecular weight is 639 g/mol. The molecule has 10 nitrogen and oxygen atoms in total. The first-order valence-electron chi connectivity index (χ1n) is 14.0. The molecule has 0 spiro atoms. The van der Waals surface area contributed by atoms with Crippen molar-refractivity contribution < 1.29 is 31.9 Å². The number of rotatable bonds is 9. The van der Waals surface area contributed by atoms with E-state index < -0.39 is 38.9 Å². The van der Waals surface area contributed by atoms with Gasteiger partial charge in [-0.2, -0.15) is 0 Å². The molecule has 2 unspecified atom stereocenters. The number of ether oxygens (including phenoxy) is 1. The molecule has 2 heterocycles. The van der Waals surface area contributed by atoms with Gasteiger partial charge in [0.2, 0.25) is 11.8 Å². The smallest absolute Gasteiger partial charge is 0.408 e. The van der Waals surface area contributed by atoms with Crippen molar-refractivity contribution >= 4 is 56.0 Å². The number of nitrogens with zero attached hydrogens (tertiary/aromatic N) is 2. The van der Waals surface area contributed by atoms with E-state index in [0.717, 1.165) is 5.56 Å². The van der Waals surface area contributed by atoms with Gasteiger partial charge >= 0.3 is 6.09 Å². The molecule has 3 aromatic rings. The first-order valence-corrected chi connectivity index (χ1v) is 16.7. The summed E-state index contributed by atoms with van der Waals surface area (Å²) in [5.74, 6) is -1.29. The standard InChI is InChI=1S/C31H31FN4O6S2/c1-20(33-31(39)42-18-21-6-3-2-4-7-21)28(37)34-25-12-10-23(11-13-25)27-29(38)36(17-22-14-15-44(40,41)19-22)30(43-27)35-26-9-5-8-24(32)16-26/h2-13,16,20,22,27H,14-15,17-19H2,1H3,(H,33,39)(H,34,37)/t20-,22?,27?/m1/s1. The molecule has 13 heteroatoms. The normalized spacial score (nSPS) is 20.8. The summed E-state index contributed by atoms with van der Waals surface area (Å²) in [6.45, 7) is 1.81. The summed E-state index contributed by atoms with van der Waals surface area (Å²) in [6, 6.07) is 20.7. The van der Waals surface area contributed by atoms with Crippen LogP contribution < -0.4 is 10.6 Å². The second-order valence-electron chi connectivity index (χ2n) is 10.6. The molecule has 0 radical (unpaired) electrons. The molecular weight excluding hydrogens is 607 g/mol. The Balaban J connectivity index is 1.23. The van der Waals surface area contributed by atoms with Gasteiger partial charge in [0.15, 0.2) is 15.0 Å². The fourth-order valence-corrected chi connectivity index (χ4v) is 7.88. The summed E-state index contributed by atoms with van der Waals surface area (Å²) in [4.78, 5) is 44.4. The van der Waals surface area contributed by atoms with Gasteiger partial charge in [-0.05, 0) is 60.7 Å². The van der Waals surface area contributed by atoms with E-state index in [9.17, 15) is 27.2 Å². The lowest BCUT2D eigenvalue weighted by atomic mass is 10.1. The minimum absolute atomic E-state index is 0.00574. The fourth-order valence-electron chi connectivity index (χ4n) is 4.85. The van der Waals surface area contributed by atoms with Crippen molar-refractivity contribution in [1.29, 1.82) is 0 Å². The van der Waals surface area contributed by atoms with Gasteiger partial charge in [-0.15, -0.1) is 0 Å². The van der Waals surface area contributed by atoms with Crippen molar-refractivity contribution in [2.75, 3.05) is 23.4 Å². The number of amidine groups is 1. The first-order chi connectivity index (χ1) is 21.1. The highest BCUT2D eigenvalue weighted by molar-refractivity contribution is 8.15. The number of benzene rings is 3. The van der Waals surface area contributed by atoms with Crippen LogP contribution in [0.5, 0.6) is 0 Å². The van der Waals surface area contributed by atoms with Crippen LogP contribution >= 0.6 is 11.8 Å². The molecule has 0 aromatic heterocycles. The van der Waals surface area contributed by atoms with E-state index in [1.54, 1.807) is 30.3 Å². The van der Waals surface area contributed by atoms with E-state index in [0.29, 0.717) is 28.5 Å². The summed E-state index contributed by atoms with van der Waals surface area (Å²) < 4.78 is 43.1. The molecule has 0 saturated carbocycles. The Morgan fingerprint density at radius 1 is 1.09 bits per heavy atom. The van der Waals surface area contributed by atoms with Crippen molar-refractivity contribution in [2.24, 2.45) is 10.9 Å². The Morgan fingerprint density at radius 3 is 2.52 bits per heavy atom. The van der Waals surface area contributed by atoms with Gasteiger partial charge in [0.1, 0.15) is 23.7 Å². The maximum atomic E-state index is 13.8. The van der Waals surface area contributed by atoms with Crippen LogP contribution in [0.2, 0.25) is 0 Å². The van der Waals surface area contributed by atoms with Gasteiger partial charge in [-0.25, -0.2) is 22.6 Å². The zero-order chi connectivity index (χ0) is 31.3. The van der Waals surface area contributed by atoms with Crippen LogP contribution in [0, 0.1) is 11.7 Å². The minimum atomic E-state index is -3.14. The number of amides is 3. The third-order valence-electron chi connectivity index (χ3n) is 7.17. The maximum absolute atomic E-state index is 13.8. The summed E-state index contributed by atoms with van der Waals surface area (Å²) in [5.41, 5.74) is 2.28. The molecule has 5 rings (SSSR count). The number of hydrogen-bond donors (Lipinski definition) is 2. The third-order valence-corrected chi connectivity index (χ3v) is 10.2. The molecular formula is C31H31FN4O6S2. The maximum Gasteiger partial charge on any atom is 0.408 e. The number of aliphatic imine (C=N–C) groups is 1. The van der Waals surface area contributed by atoms with Gasteiger partial charge in [-0.1, -0.05) is 60.3 Å². The van der Waals surface area contributed by atoms with Crippen molar-refractivity contribution in [3.8, 4) is 0 Å². The molecule has 2 aliphatic heterocycles. The molecule has 3 atom stereocenters. The largest absolute Gasteiger partial charge is 0.445 e. The lowest BCUT2D eigenvalue weighted by Gasteiger charge is -2.20. The topological polar surface area (TPSA) is 134 Å². The van der Waals surface area contributed by atoms with Gasteiger partial charge in [0.05, 0.1) is 17.2 Å². The fraction of sp³-hybridized carbons (Fsp3) is 0.290. The van der Waals surface area contributed by atoms with Crippen LogP contribution in [0.15, 0.2) is 83.9 Å². The highest BCUT2D eigenvalue weighted by Gasteiger charge is 2.41. The molecule has 0 bridgehead atoms. The zero-order valence-corrected chi connectivity index (χ0v) is 25.4. The number of hydrogen-bond acceptors (Lipinski definition) is 8. The number of carbonyl (C=O) groups excluding carboxylic acids is 3. The van der Waals surface area contributed by atoms with Crippen LogP contribution in [0.1, 0.15) is 29.7 Å². The van der Waals surface area contributed by atoms with Crippen LogP contribution in [-0.2, 0) is 30.8 Å². The summed E-state index contributed by atoms with van der Waals surface area (Å²) in [6.07, 6.45) is -0.264. The molecule has 0 aliphatic carbocycles. The Bertz CT molecular complexity index is 1670. The minimum Gasteiger partial charge on any atom is -0.445 e. The molecule has 3 aromatic carbocycles. The summed E-state index contributed by atoms with van der Waals surface area (Å²) in [5, 5.41) is 4.94. The number of carbonyl (C=O) groups is 3. The second kappa shape index (κ2) is 13.6. The summed E-state index contributed by atoms with van der Waals surface area (Å²) in [7, 11) is -3.14. The van der Waals surface area contributed by atoms with Gasteiger partial charge in [0.25, 0.3) is 0 Å². The molecule has 44 heavy (non-hydrogen) atoms. The van der Waals surface area contributed by atoms with Crippen LogP contribution in [0.4, 0.5) is 20.6 Å². The molecule has 2 aliphatic rings. The third kappa shape index (κ3) is 8.03.